The van der Waals surface area contributed by atoms with Gasteiger partial charge in [0.1, 0.15) is 0 Å². The number of benzene rings is 2. The molecule has 108 valence electrons. The zero-order chi connectivity index (χ0) is 15.5. The molecule has 0 aliphatic carbocycles. The van der Waals surface area contributed by atoms with Crippen LogP contribution in [0.4, 0.5) is 11.4 Å². The number of rotatable bonds is 4. The maximum atomic E-state index is 12.2. The van der Waals surface area contributed by atoms with E-state index in [4.69, 9.17) is 23.2 Å². The molecule has 0 aliphatic rings. The minimum Gasteiger partial charge on any atom is -0.280 e. The SMILES string of the molecule is O=C=Nc1ccc(S(=O)(=O)Nc2ccc(Cl)c(Cl)c2)cc1. The van der Waals surface area contributed by atoms with Crippen LogP contribution in [-0.2, 0) is 14.8 Å². The number of anilines is 1. The van der Waals surface area contributed by atoms with Gasteiger partial charge in [-0.3, -0.25) is 4.72 Å². The lowest BCUT2D eigenvalue weighted by atomic mass is 10.3. The molecule has 0 aliphatic heterocycles. The van der Waals surface area contributed by atoms with E-state index in [0.717, 1.165) is 0 Å². The molecule has 5 nitrogen and oxygen atoms in total. The predicted octanol–water partition coefficient (Wildman–Crippen LogP) is 3.76. The van der Waals surface area contributed by atoms with Crippen molar-refractivity contribution in [1.29, 1.82) is 0 Å². The summed E-state index contributed by atoms with van der Waals surface area (Å²) < 4.78 is 26.7. The van der Waals surface area contributed by atoms with E-state index in [0.29, 0.717) is 16.4 Å². The lowest BCUT2D eigenvalue weighted by Gasteiger charge is -2.09. The van der Waals surface area contributed by atoms with Crippen LogP contribution in [0.15, 0.2) is 52.4 Å². The van der Waals surface area contributed by atoms with E-state index in [2.05, 4.69) is 9.71 Å². The molecule has 0 saturated heterocycles. The smallest absolute Gasteiger partial charge is 0.261 e. The maximum absolute atomic E-state index is 12.2. The standard InChI is InChI=1S/C13H8Cl2N2O3S/c14-12-6-3-10(7-13(12)15)17-21(19,20)11-4-1-9(2-5-11)16-8-18/h1-7,17H. The molecule has 0 unspecified atom stereocenters. The van der Waals surface area contributed by atoms with Gasteiger partial charge in [-0.25, -0.2) is 13.2 Å². The Morgan fingerprint density at radius 2 is 1.67 bits per heavy atom. The Balaban J connectivity index is 2.29. The molecule has 0 aromatic heterocycles. The monoisotopic (exact) mass is 342 g/mol. The summed E-state index contributed by atoms with van der Waals surface area (Å²) in [6, 6.07) is 9.85. The Labute approximate surface area is 131 Å². The van der Waals surface area contributed by atoms with Crippen LogP contribution in [0.5, 0.6) is 0 Å². The summed E-state index contributed by atoms with van der Waals surface area (Å²) in [5, 5.41) is 0.572. The fraction of sp³-hybridized carbons (Fsp3) is 0. The predicted molar refractivity (Wildman–Crippen MR) is 81.5 cm³/mol. The molecule has 0 amide bonds. The third kappa shape index (κ3) is 3.83. The minimum absolute atomic E-state index is 0.0263. The van der Waals surface area contributed by atoms with Gasteiger partial charge < -0.3 is 0 Å². The number of halogens is 2. The second-order valence-electron chi connectivity index (χ2n) is 3.93. The number of hydrogen-bond donors (Lipinski definition) is 1. The van der Waals surface area contributed by atoms with Gasteiger partial charge in [0.25, 0.3) is 10.0 Å². The van der Waals surface area contributed by atoms with Crippen LogP contribution >= 0.6 is 23.2 Å². The van der Waals surface area contributed by atoms with Crippen molar-refractivity contribution in [2.45, 2.75) is 4.90 Å². The number of aliphatic imine (C=N–C) groups is 1. The van der Waals surface area contributed by atoms with Gasteiger partial charge in [0.05, 0.1) is 26.3 Å². The van der Waals surface area contributed by atoms with Gasteiger partial charge in [0, 0.05) is 0 Å². The summed E-state index contributed by atoms with van der Waals surface area (Å²) in [6.45, 7) is 0. The molecular weight excluding hydrogens is 335 g/mol. The average molecular weight is 343 g/mol. The highest BCUT2D eigenvalue weighted by molar-refractivity contribution is 7.92. The van der Waals surface area contributed by atoms with Crippen molar-refractivity contribution in [2.24, 2.45) is 4.99 Å². The Morgan fingerprint density at radius 1 is 1.00 bits per heavy atom. The molecule has 1 N–H and O–H groups in total. The molecule has 2 rings (SSSR count). The summed E-state index contributed by atoms with van der Waals surface area (Å²) in [4.78, 5) is 13.5. The molecule has 2 aromatic rings. The molecule has 0 spiro atoms. The second-order valence-corrected chi connectivity index (χ2v) is 6.43. The molecule has 0 radical (unpaired) electrons. The first-order valence-electron chi connectivity index (χ1n) is 5.58. The van der Waals surface area contributed by atoms with Crippen LogP contribution in [0.1, 0.15) is 0 Å². The molecular formula is C13H8Cl2N2O3S. The van der Waals surface area contributed by atoms with Crippen molar-refractivity contribution in [1.82, 2.24) is 0 Å². The van der Waals surface area contributed by atoms with Crippen LogP contribution in [0, 0.1) is 0 Å². The summed E-state index contributed by atoms with van der Waals surface area (Å²) in [5.41, 5.74) is 0.609. The van der Waals surface area contributed by atoms with Crippen LogP contribution in [0.25, 0.3) is 0 Å². The van der Waals surface area contributed by atoms with Crippen LogP contribution in [0.3, 0.4) is 0 Å². The van der Waals surface area contributed by atoms with Gasteiger partial charge in [0.2, 0.25) is 6.08 Å². The van der Waals surface area contributed by atoms with Gasteiger partial charge in [-0.05, 0) is 42.5 Å². The van der Waals surface area contributed by atoms with Crippen molar-refractivity contribution in [3.05, 3.63) is 52.5 Å². The second kappa shape index (κ2) is 6.28. The van der Waals surface area contributed by atoms with Gasteiger partial charge in [-0.2, -0.15) is 4.99 Å². The van der Waals surface area contributed by atoms with Crippen molar-refractivity contribution in [3.8, 4) is 0 Å². The first kappa shape index (κ1) is 15.5. The molecule has 0 atom stereocenters. The Kier molecular flexibility index (Phi) is 4.65. The zero-order valence-corrected chi connectivity index (χ0v) is 12.7. The topological polar surface area (TPSA) is 75.6 Å². The lowest BCUT2D eigenvalue weighted by molar-refractivity contribution is 0.565. The van der Waals surface area contributed by atoms with Crippen LogP contribution < -0.4 is 4.72 Å². The first-order valence-corrected chi connectivity index (χ1v) is 7.82. The number of sulfonamides is 1. The third-order valence-corrected chi connectivity index (χ3v) is 4.63. The molecule has 0 saturated carbocycles. The summed E-state index contributed by atoms with van der Waals surface area (Å²) in [6.07, 6.45) is 1.38. The van der Waals surface area contributed by atoms with E-state index in [1.807, 2.05) is 0 Å². The molecule has 21 heavy (non-hydrogen) atoms. The normalized spacial score (nSPS) is 10.8. The molecule has 8 heteroatoms. The number of nitrogens with one attached hydrogen (secondary N) is 1. The summed E-state index contributed by atoms with van der Waals surface area (Å²) in [5.74, 6) is 0. The zero-order valence-electron chi connectivity index (χ0n) is 10.4. The number of hydrogen-bond acceptors (Lipinski definition) is 4. The molecule has 2 aromatic carbocycles. The van der Waals surface area contributed by atoms with Crippen LogP contribution in [0.2, 0.25) is 10.0 Å². The van der Waals surface area contributed by atoms with E-state index < -0.39 is 10.0 Å². The highest BCUT2D eigenvalue weighted by Crippen LogP contribution is 2.26. The van der Waals surface area contributed by atoms with E-state index >= 15 is 0 Å². The minimum atomic E-state index is -3.77. The van der Waals surface area contributed by atoms with Crippen molar-refractivity contribution in [2.75, 3.05) is 4.72 Å². The highest BCUT2D eigenvalue weighted by atomic mass is 35.5. The molecule has 0 heterocycles. The van der Waals surface area contributed by atoms with Crippen LogP contribution in [-0.4, -0.2) is 14.5 Å². The highest BCUT2D eigenvalue weighted by Gasteiger charge is 2.14. The Hall–Kier alpha value is -1.85. The van der Waals surface area contributed by atoms with Gasteiger partial charge in [-0.15, -0.1) is 0 Å². The summed E-state index contributed by atoms with van der Waals surface area (Å²) in [7, 11) is -3.77. The molecule has 0 bridgehead atoms. The number of isocyanates is 1. The van der Waals surface area contributed by atoms with Gasteiger partial charge in [-0.1, -0.05) is 23.2 Å². The van der Waals surface area contributed by atoms with E-state index in [-0.39, 0.29) is 9.92 Å². The first-order chi connectivity index (χ1) is 9.92. The van der Waals surface area contributed by atoms with Crippen molar-refractivity contribution >= 4 is 50.7 Å². The fourth-order valence-electron chi connectivity index (χ4n) is 1.53. The lowest BCUT2D eigenvalue weighted by Crippen LogP contribution is -2.12. The average Bonchev–Trinajstić information content (AvgIpc) is 2.44. The molecule has 0 fully saturated rings. The number of carbonyl (C=O) groups excluding carboxylic acids is 1. The largest absolute Gasteiger partial charge is 0.280 e. The Morgan fingerprint density at radius 3 is 2.24 bits per heavy atom. The number of nitrogens with zero attached hydrogens (tertiary/aromatic N) is 1. The fourth-order valence-corrected chi connectivity index (χ4v) is 2.87. The summed E-state index contributed by atoms with van der Waals surface area (Å²) >= 11 is 11.6. The van der Waals surface area contributed by atoms with Crippen molar-refractivity contribution in [3.63, 3.8) is 0 Å². The van der Waals surface area contributed by atoms with E-state index in [1.54, 1.807) is 0 Å². The third-order valence-electron chi connectivity index (χ3n) is 2.49. The maximum Gasteiger partial charge on any atom is 0.261 e. The van der Waals surface area contributed by atoms with E-state index in [9.17, 15) is 13.2 Å². The Bertz CT molecular complexity index is 814. The van der Waals surface area contributed by atoms with E-state index in [1.165, 1.54) is 48.5 Å². The van der Waals surface area contributed by atoms with Crippen molar-refractivity contribution < 1.29 is 13.2 Å². The van der Waals surface area contributed by atoms with Gasteiger partial charge in [0.15, 0.2) is 0 Å². The van der Waals surface area contributed by atoms with Gasteiger partial charge >= 0.3 is 0 Å². The quantitative estimate of drug-likeness (QED) is 0.678.